The largest absolute Gasteiger partial charge is 0.497 e. The zero-order valence-corrected chi connectivity index (χ0v) is 14.3. The molecule has 0 saturated carbocycles. The number of likely N-dealkylation sites (N-methyl/N-ethyl adjacent to an activating group) is 1. The summed E-state index contributed by atoms with van der Waals surface area (Å²) in [6, 6.07) is 13.0. The van der Waals surface area contributed by atoms with Crippen molar-refractivity contribution in [3.8, 4) is 17.1 Å². The zero-order chi connectivity index (χ0) is 18.5. The number of amides is 1. The van der Waals surface area contributed by atoms with Gasteiger partial charge in [0.05, 0.1) is 7.11 Å². The van der Waals surface area contributed by atoms with E-state index in [2.05, 4.69) is 15.5 Å². The third kappa shape index (κ3) is 4.15. The number of nitrogens with one attached hydrogen (secondary N) is 1. The maximum atomic E-state index is 12.9. The molecule has 0 aliphatic carbocycles. The first-order chi connectivity index (χ1) is 12.5. The predicted octanol–water partition coefficient (Wildman–Crippen LogP) is 2.96. The molecule has 3 rings (SSSR count). The van der Waals surface area contributed by atoms with Crippen LogP contribution in [-0.4, -0.2) is 36.8 Å². The van der Waals surface area contributed by atoms with Gasteiger partial charge in [-0.2, -0.15) is 4.98 Å². The average molecular weight is 356 g/mol. The Morgan fingerprint density at radius 2 is 1.88 bits per heavy atom. The van der Waals surface area contributed by atoms with Crippen LogP contribution in [0.5, 0.6) is 5.75 Å². The fourth-order valence-corrected chi connectivity index (χ4v) is 2.24. The Hall–Kier alpha value is -3.42. The third-order valence-corrected chi connectivity index (χ3v) is 3.60. The van der Waals surface area contributed by atoms with Crippen molar-refractivity contribution in [3.05, 3.63) is 54.3 Å². The molecule has 0 unspecified atom stereocenters. The molecule has 0 atom stereocenters. The van der Waals surface area contributed by atoms with Crippen molar-refractivity contribution in [2.24, 2.45) is 0 Å². The lowest BCUT2D eigenvalue weighted by atomic mass is 10.2. The Labute approximate surface area is 149 Å². The van der Waals surface area contributed by atoms with Crippen molar-refractivity contribution >= 4 is 17.6 Å². The summed E-state index contributed by atoms with van der Waals surface area (Å²) >= 11 is 0. The number of halogens is 1. The highest BCUT2D eigenvalue weighted by atomic mass is 19.1. The van der Waals surface area contributed by atoms with Gasteiger partial charge in [-0.25, -0.2) is 4.39 Å². The molecule has 8 heteroatoms. The van der Waals surface area contributed by atoms with Crippen LogP contribution < -0.4 is 15.0 Å². The quantitative estimate of drug-likeness (QED) is 0.731. The van der Waals surface area contributed by atoms with Gasteiger partial charge >= 0.3 is 6.01 Å². The van der Waals surface area contributed by atoms with E-state index >= 15 is 0 Å². The molecule has 2 aromatic carbocycles. The molecule has 0 aliphatic heterocycles. The van der Waals surface area contributed by atoms with Gasteiger partial charge in [0.25, 0.3) is 0 Å². The molecule has 134 valence electrons. The van der Waals surface area contributed by atoms with Crippen LogP contribution in [-0.2, 0) is 4.79 Å². The number of rotatable bonds is 6. The van der Waals surface area contributed by atoms with Gasteiger partial charge in [-0.1, -0.05) is 5.16 Å². The van der Waals surface area contributed by atoms with Crippen molar-refractivity contribution < 1.29 is 18.4 Å². The number of carbonyl (C=O) groups is 1. The second-order valence-corrected chi connectivity index (χ2v) is 5.54. The molecule has 7 nitrogen and oxygen atoms in total. The van der Waals surface area contributed by atoms with Crippen LogP contribution in [0.4, 0.5) is 16.1 Å². The molecule has 0 fully saturated rings. The normalized spacial score (nSPS) is 10.4. The first-order valence-electron chi connectivity index (χ1n) is 7.80. The van der Waals surface area contributed by atoms with Gasteiger partial charge in [-0.05, 0) is 48.5 Å². The Morgan fingerprint density at radius 1 is 1.19 bits per heavy atom. The number of nitrogens with zero attached hydrogens (tertiary/aromatic N) is 3. The second kappa shape index (κ2) is 7.64. The van der Waals surface area contributed by atoms with Gasteiger partial charge in [0.15, 0.2) is 0 Å². The maximum Gasteiger partial charge on any atom is 0.324 e. The lowest BCUT2D eigenvalue weighted by Crippen LogP contribution is -2.30. The monoisotopic (exact) mass is 356 g/mol. The van der Waals surface area contributed by atoms with Crippen LogP contribution in [0.2, 0.25) is 0 Å². The first kappa shape index (κ1) is 17.4. The zero-order valence-electron chi connectivity index (χ0n) is 14.3. The van der Waals surface area contributed by atoms with E-state index in [4.69, 9.17) is 9.26 Å². The van der Waals surface area contributed by atoms with E-state index < -0.39 is 0 Å². The van der Waals surface area contributed by atoms with Crippen LogP contribution in [0.25, 0.3) is 11.4 Å². The fourth-order valence-electron chi connectivity index (χ4n) is 2.24. The topological polar surface area (TPSA) is 80.5 Å². The molecule has 1 heterocycles. The third-order valence-electron chi connectivity index (χ3n) is 3.60. The number of hydrogen-bond donors (Lipinski definition) is 1. The molecule has 3 aromatic rings. The van der Waals surface area contributed by atoms with Crippen LogP contribution >= 0.6 is 0 Å². The Morgan fingerprint density at radius 3 is 2.54 bits per heavy atom. The van der Waals surface area contributed by atoms with Gasteiger partial charge in [0, 0.05) is 18.3 Å². The second-order valence-electron chi connectivity index (χ2n) is 5.54. The highest BCUT2D eigenvalue weighted by molar-refractivity contribution is 5.93. The van der Waals surface area contributed by atoms with E-state index in [9.17, 15) is 9.18 Å². The molecule has 0 bridgehead atoms. The number of ether oxygens (including phenoxy) is 1. The molecule has 0 spiro atoms. The number of anilines is 2. The molecule has 1 N–H and O–H groups in total. The molecular formula is C18H17FN4O3. The van der Waals surface area contributed by atoms with Crippen molar-refractivity contribution in [3.63, 3.8) is 0 Å². The number of benzene rings is 2. The summed E-state index contributed by atoms with van der Waals surface area (Å²) in [6.07, 6.45) is 0. The number of hydrogen-bond acceptors (Lipinski definition) is 6. The van der Waals surface area contributed by atoms with E-state index in [1.54, 1.807) is 26.3 Å². The maximum absolute atomic E-state index is 12.9. The SMILES string of the molecule is COc1ccc(-c2noc(N(C)CC(=O)Nc3ccc(F)cc3)n2)cc1. The Bertz CT molecular complexity index is 878. The van der Waals surface area contributed by atoms with Crippen molar-refractivity contribution in [2.75, 3.05) is 30.9 Å². The van der Waals surface area contributed by atoms with Crippen LogP contribution in [0.15, 0.2) is 53.1 Å². The highest BCUT2D eigenvalue weighted by Gasteiger charge is 2.15. The summed E-state index contributed by atoms with van der Waals surface area (Å²) in [7, 11) is 3.25. The molecular weight excluding hydrogens is 339 g/mol. The summed E-state index contributed by atoms with van der Waals surface area (Å²) < 4.78 is 23.2. The van der Waals surface area contributed by atoms with Crippen molar-refractivity contribution in [2.45, 2.75) is 0 Å². The molecule has 1 amide bonds. The van der Waals surface area contributed by atoms with E-state index in [1.165, 1.54) is 29.2 Å². The minimum Gasteiger partial charge on any atom is -0.497 e. The van der Waals surface area contributed by atoms with Crippen molar-refractivity contribution in [1.82, 2.24) is 10.1 Å². The average Bonchev–Trinajstić information content (AvgIpc) is 3.14. The lowest BCUT2D eigenvalue weighted by Gasteiger charge is -2.13. The summed E-state index contributed by atoms with van der Waals surface area (Å²) in [6.45, 7) is 0.00161. The summed E-state index contributed by atoms with van der Waals surface area (Å²) in [5.41, 5.74) is 1.28. The van der Waals surface area contributed by atoms with E-state index in [0.29, 0.717) is 11.5 Å². The molecule has 26 heavy (non-hydrogen) atoms. The van der Waals surface area contributed by atoms with Gasteiger partial charge in [-0.3, -0.25) is 4.79 Å². The van der Waals surface area contributed by atoms with E-state index in [0.717, 1.165) is 11.3 Å². The smallest absolute Gasteiger partial charge is 0.324 e. The summed E-state index contributed by atoms with van der Waals surface area (Å²) in [5, 5.41) is 6.59. The number of methoxy groups -OCH3 is 1. The number of carbonyl (C=O) groups excluding carboxylic acids is 1. The molecule has 0 saturated heterocycles. The summed E-state index contributed by atoms with van der Waals surface area (Å²) in [4.78, 5) is 17.9. The lowest BCUT2D eigenvalue weighted by molar-refractivity contribution is -0.115. The number of aromatic nitrogens is 2. The van der Waals surface area contributed by atoms with E-state index in [-0.39, 0.29) is 24.3 Å². The van der Waals surface area contributed by atoms with Crippen molar-refractivity contribution in [1.29, 1.82) is 0 Å². The fraction of sp³-hybridized carbons (Fsp3) is 0.167. The van der Waals surface area contributed by atoms with Crippen LogP contribution in [0, 0.1) is 5.82 Å². The van der Waals surface area contributed by atoms with Gasteiger partial charge < -0.3 is 19.5 Å². The summed E-state index contributed by atoms with van der Waals surface area (Å²) in [5.74, 6) is 0.487. The highest BCUT2D eigenvalue weighted by Crippen LogP contribution is 2.22. The van der Waals surface area contributed by atoms with Gasteiger partial charge in [-0.15, -0.1) is 0 Å². The molecule has 0 aliphatic rings. The Balaban J connectivity index is 1.62. The van der Waals surface area contributed by atoms with Gasteiger partial charge in [0.1, 0.15) is 18.1 Å². The first-order valence-corrected chi connectivity index (χ1v) is 7.80. The van der Waals surface area contributed by atoms with Crippen LogP contribution in [0.1, 0.15) is 0 Å². The molecule has 0 radical (unpaired) electrons. The van der Waals surface area contributed by atoms with E-state index in [1.807, 2.05) is 12.1 Å². The Kier molecular flexibility index (Phi) is 5.12. The predicted molar refractivity (Wildman–Crippen MR) is 94.6 cm³/mol. The molecule has 1 aromatic heterocycles. The van der Waals surface area contributed by atoms with Gasteiger partial charge in [0.2, 0.25) is 11.7 Å². The minimum absolute atomic E-state index is 0.00161. The standard InChI is InChI=1S/C18H17FN4O3/c1-23(11-16(24)20-14-7-5-13(19)6-8-14)18-21-17(22-26-18)12-3-9-15(25-2)10-4-12/h3-10H,11H2,1-2H3,(H,20,24). The minimum atomic E-state index is -0.364. The van der Waals surface area contributed by atoms with Crippen LogP contribution in [0.3, 0.4) is 0 Å².